The van der Waals surface area contributed by atoms with Crippen molar-refractivity contribution in [2.45, 2.75) is 64.8 Å². The summed E-state index contributed by atoms with van der Waals surface area (Å²) in [6.45, 7) is 5.97. The summed E-state index contributed by atoms with van der Waals surface area (Å²) in [5.74, 6) is 0.707. The number of nitrogens with one attached hydrogen (secondary N) is 2. The molecule has 1 aliphatic heterocycles. The van der Waals surface area contributed by atoms with E-state index >= 15 is 0 Å². The van der Waals surface area contributed by atoms with Crippen LogP contribution in [0.4, 0.5) is 5.69 Å². The summed E-state index contributed by atoms with van der Waals surface area (Å²) in [4.78, 5) is 27.1. The molecule has 1 fully saturated rings. The average Bonchev–Trinajstić information content (AvgIpc) is 2.66. The monoisotopic (exact) mass is 371 g/mol. The molecule has 1 aliphatic carbocycles. The van der Waals surface area contributed by atoms with Crippen LogP contribution in [-0.4, -0.2) is 37.5 Å². The van der Waals surface area contributed by atoms with Crippen LogP contribution in [-0.2, 0) is 11.2 Å². The van der Waals surface area contributed by atoms with Gasteiger partial charge in [0.15, 0.2) is 0 Å². The van der Waals surface area contributed by atoms with Crippen LogP contribution in [0.5, 0.6) is 0 Å². The van der Waals surface area contributed by atoms with E-state index in [2.05, 4.69) is 15.5 Å². The van der Waals surface area contributed by atoms with E-state index in [4.69, 9.17) is 0 Å². The van der Waals surface area contributed by atoms with Gasteiger partial charge in [0.2, 0.25) is 5.91 Å². The smallest absolute Gasteiger partial charge is 0.251 e. The van der Waals surface area contributed by atoms with E-state index in [1.165, 1.54) is 32.1 Å². The summed E-state index contributed by atoms with van der Waals surface area (Å²) in [7, 11) is 0. The zero-order valence-electron chi connectivity index (χ0n) is 16.7. The first-order chi connectivity index (χ1) is 13.0. The van der Waals surface area contributed by atoms with Crippen LogP contribution in [0.1, 0.15) is 68.3 Å². The van der Waals surface area contributed by atoms with E-state index in [0.717, 1.165) is 42.7 Å². The number of nitrogens with zero attached hydrogens (tertiary/aromatic N) is 1. The van der Waals surface area contributed by atoms with Gasteiger partial charge < -0.3 is 15.5 Å². The van der Waals surface area contributed by atoms with E-state index in [1.54, 1.807) is 0 Å². The number of hydrogen-bond acceptors (Lipinski definition) is 3. The molecular weight excluding hydrogens is 338 g/mol. The first-order valence-corrected chi connectivity index (χ1v) is 10.5. The predicted octanol–water partition coefficient (Wildman–Crippen LogP) is 3.27. The largest absolute Gasteiger partial charge is 0.362 e. The van der Waals surface area contributed by atoms with Crippen molar-refractivity contribution in [1.29, 1.82) is 0 Å². The first kappa shape index (κ1) is 19.7. The highest BCUT2D eigenvalue weighted by Crippen LogP contribution is 2.30. The summed E-state index contributed by atoms with van der Waals surface area (Å²) in [6.07, 6.45) is 8.25. The summed E-state index contributed by atoms with van der Waals surface area (Å²) in [5, 5.41) is 6.12. The molecule has 1 aromatic carbocycles. The zero-order chi connectivity index (χ0) is 19.2. The van der Waals surface area contributed by atoms with Gasteiger partial charge in [0, 0.05) is 30.4 Å². The van der Waals surface area contributed by atoms with Crippen molar-refractivity contribution in [1.82, 2.24) is 10.6 Å². The Hall–Kier alpha value is -2.04. The lowest BCUT2D eigenvalue weighted by Gasteiger charge is -2.32. The fraction of sp³-hybridized carbons (Fsp3) is 0.636. The number of rotatable bonds is 6. The maximum Gasteiger partial charge on any atom is 0.251 e. The second kappa shape index (κ2) is 9.25. The van der Waals surface area contributed by atoms with E-state index in [-0.39, 0.29) is 17.9 Å². The topological polar surface area (TPSA) is 61.4 Å². The Morgan fingerprint density at radius 2 is 1.93 bits per heavy atom. The lowest BCUT2D eigenvalue weighted by molar-refractivity contribution is -0.120. The molecule has 1 saturated carbocycles. The fourth-order valence-corrected chi connectivity index (χ4v) is 4.30. The Balaban J connectivity index is 1.63. The second-order valence-electron chi connectivity index (χ2n) is 8.26. The van der Waals surface area contributed by atoms with E-state index in [9.17, 15) is 9.59 Å². The van der Waals surface area contributed by atoms with Gasteiger partial charge in [0.05, 0.1) is 6.54 Å². The Morgan fingerprint density at radius 3 is 2.67 bits per heavy atom. The lowest BCUT2D eigenvalue weighted by Crippen LogP contribution is -2.42. The molecule has 3 rings (SSSR count). The van der Waals surface area contributed by atoms with Crippen molar-refractivity contribution in [3.05, 3.63) is 29.3 Å². The number of anilines is 1. The highest BCUT2D eigenvalue weighted by molar-refractivity contribution is 5.97. The molecule has 2 aliphatic rings. The molecule has 0 saturated heterocycles. The van der Waals surface area contributed by atoms with Crippen LogP contribution in [0.25, 0.3) is 0 Å². The molecule has 2 N–H and O–H groups in total. The number of carbonyl (C=O) groups is 2. The zero-order valence-corrected chi connectivity index (χ0v) is 16.7. The number of fused-ring (bicyclic) bond motifs is 1. The highest BCUT2D eigenvalue weighted by Gasteiger charge is 2.24. The molecule has 0 bridgehead atoms. The second-order valence-corrected chi connectivity index (χ2v) is 8.26. The molecule has 5 nitrogen and oxygen atoms in total. The van der Waals surface area contributed by atoms with Crippen molar-refractivity contribution in [2.24, 2.45) is 5.92 Å². The van der Waals surface area contributed by atoms with E-state index in [0.29, 0.717) is 12.5 Å². The molecule has 1 heterocycles. The number of carbonyl (C=O) groups excluding carboxylic acids is 2. The van der Waals surface area contributed by atoms with Crippen molar-refractivity contribution in [3.63, 3.8) is 0 Å². The van der Waals surface area contributed by atoms with Crippen LogP contribution in [0.2, 0.25) is 0 Å². The van der Waals surface area contributed by atoms with E-state index in [1.807, 2.05) is 32.0 Å². The lowest BCUT2D eigenvalue weighted by atomic mass is 9.89. The van der Waals surface area contributed by atoms with Gasteiger partial charge in [-0.05, 0) is 63.1 Å². The summed E-state index contributed by atoms with van der Waals surface area (Å²) < 4.78 is 0. The Kier molecular flexibility index (Phi) is 6.75. The molecule has 27 heavy (non-hydrogen) atoms. The first-order valence-electron chi connectivity index (χ1n) is 10.5. The fourth-order valence-electron chi connectivity index (χ4n) is 4.30. The minimum atomic E-state index is -0.0227. The van der Waals surface area contributed by atoms with Gasteiger partial charge in [-0.25, -0.2) is 0 Å². The number of benzene rings is 1. The van der Waals surface area contributed by atoms with Gasteiger partial charge in [-0.3, -0.25) is 9.59 Å². The normalized spacial score (nSPS) is 17.5. The predicted molar refractivity (Wildman–Crippen MR) is 109 cm³/mol. The third kappa shape index (κ3) is 5.24. The molecule has 0 unspecified atom stereocenters. The molecule has 148 valence electrons. The molecular formula is C22H33N3O2. The molecule has 0 radical (unpaired) electrons. The summed E-state index contributed by atoms with van der Waals surface area (Å²) >= 11 is 0. The number of hydrogen-bond donors (Lipinski definition) is 2. The van der Waals surface area contributed by atoms with Crippen molar-refractivity contribution < 1.29 is 9.59 Å². The van der Waals surface area contributed by atoms with Crippen molar-refractivity contribution >= 4 is 17.5 Å². The molecule has 5 heteroatoms. The highest BCUT2D eigenvalue weighted by atomic mass is 16.2. The summed E-state index contributed by atoms with van der Waals surface area (Å²) in [5.41, 5.74) is 2.85. The standard InChI is InChI=1S/C22H33N3O2/c1-16(2)24-22(27)19-10-6-12-20-18(19)11-7-13-25(20)15-21(26)23-14-17-8-4-3-5-9-17/h6,10,12,16-17H,3-5,7-9,11,13-15H2,1-2H3,(H,23,26)(H,24,27). The minimum Gasteiger partial charge on any atom is -0.362 e. The maximum atomic E-state index is 12.5. The van der Waals surface area contributed by atoms with Gasteiger partial charge in [-0.2, -0.15) is 0 Å². The molecule has 0 atom stereocenters. The van der Waals surface area contributed by atoms with Crippen molar-refractivity contribution in [2.75, 3.05) is 24.5 Å². The third-order valence-electron chi connectivity index (χ3n) is 5.66. The molecule has 1 aromatic rings. The Bertz CT molecular complexity index is 666. The summed E-state index contributed by atoms with van der Waals surface area (Å²) in [6, 6.07) is 5.96. The minimum absolute atomic E-state index is 0.0227. The van der Waals surface area contributed by atoms with Crippen LogP contribution >= 0.6 is 0 Å². The quantitative estimate of drug-likeness (QED) is 0.807. The van der Waals surface area contributed by atoms with Gasteiger partial charge in [-0.1, -0.05) is 25.3 Å². The van der Waals surface area contributed by atoms with Gasteiger partial charge in [-0.15, -0.1) is 0 Å². The van der Waals surface area contributed by atoms with Crippen LogP contribution in [0, 0.1) is 5.92 Å². The van der Waals surface area contributed by atoms with Gasteiger partial charge >= 0.3 is 0 Å². The SMILES string of the molecule is CC(C)NC(=O)c1cccc2c1CCCN2CC(=O)NCC1CCCCC1. The molecule has 0 aromatic heterocycles. The number of amides is 2. The van der Waals surface area contributed by atoms with Gasteiger partial charge in [0.1, 0.15) is 0 Å². The Labute approximate surface area is 162 Å². The molecule has 0 spiro atoms. The Morgan fingerprint density at radius 1 is 1.15 bits per heavy atom. The van der Waals surface area contributed by atoms with Gasteiger partial charge in [0.25, 0.3) is 5.91 Å². The van der Waals surface area contributed by atoms with Crippen LogP contribution < -0.4 is 15.5 Å². The van der Waals surface area contributed by atoms with Crippen LogP contribution in [0.3, 0.4) is 0 Å². The van der Waals surface area contributed by atoms with E-state index < -0.39 is 0 Å². The third-order valence-corrected chi connectivity index (χ3v) is 5.66. The average molecular weight is 372 g/mol. The molecule has 2 amide bonds. The van der Waals surface area contributed by atoms with Crippen molar-refractivity contribution in [3.8, 4) is 0 Å². The van der Waals surface area contributed by atoms with Crippen LogP contribution in [0.15, 0.2) is 18.2 Å². The maximum absolute atomic E-state index is 12.5.